The number of aryl methyl sites for hydroxylation is 3. The van der Waals surface area contributed by atoms with Gasteiger partial charge in [0.2, 0.25) is 5.91 Å². The summed E-state index contributed by atoms with van der Waals surface area (Å²) in [7, 11) is 1.59. The molecule has 3 aromatic rings. The number of methoxy groups -OCH3 is 1. The summed E-state index contributed by atoms with van der Waals surface area (Å²) in [5.74, 6) is 1.13. The minimum atomic E-state index is -0.234. The van der Waals surface area contributed by atoms with E-state index >= 15 is 0 Å². The molecule has 1 aromatic heterocycles. The lowest BCUT2D eigenvalue weighted by Crippen LogP contribution is -2.28. The van der Waals surface area contributed by atoms with Crippen LogP contribution in [0, 0.1) is 13.8 Å². The van der Waals surface area contributed by atoms with E-state index in [4.69, 9.17) is 9.47 Å². The molecule has 168 valence electrons. The number of nitrogens with zero attached hydrogens (tertiary/aromatic N) is 2. The van der Waals surface area contributed by atoms with E-state index < -0.39 is 0 Å². The maximum absolute atomic E-state index is 12.4. The Morgan fingerprint density at radius 3 is 2.56 bits per heavy atom. The van der Waals surface area contributed by atoms with Gasteiger partial charge >= 0.3 is 0 Å². The standard InChI is InChI=1S/C25H29N3O4/c1-5-32-23-15-19(7-10-22(23)31-4)16-26-24(29)12-13-28-25(30)11-9-21(27-28)20-8-6-17(2)18(3)14-20/h6-11,14-15H,5,12-13,16H2,1-4H3,(H,26,29). The Kier molecular flexibility index (Phi) is 7.65. The predicted molar refractivity (Wildman–Crippen MR) is 124 cm³/mol. The lowest BCUT2D eigenvalue weighted by Gasteiger charge is -2.12. The number of nitrogens with one attached hydrogen (secondary N) is 1. The first-order valence-electron chi connectivity index (χ1n) is 10.6. The van der Waals surface area contributed by atoms with E-state index in [0.717, 1.165) is 16.7 Å². The van der Waals surface area contributed by atoms with Crippen molar-refractivity contribution in [1.82, 2.24) is 15.1 Å². The second-order valence-corrected chi connectivity index (χ2v) is 7.52. The first-order chi connectivity index (χ1) is 15.4. The van der Waals surface area contributed by atoms with Crippen molar-refractivity contribution in [3.63, 3.8) is 0 Å². The van der Waals surface area contributed by atoms with Gasteiger partial charge in [0.05, 0.1) is 26.0 Å². The van der Waals surface area contributed by atoms with Crippen molar-refractivity contribution in [2.24, 2.45) is 0 Å². The van der Waals surface area contributed by atoms with Gasteiger partial charge in [-0.2, -0.15) is 5.10 Å². The van der Waals surface area contributed by atoms with Crippen molar-refractivity contribution < 1.29 is 14.3 Å². The highest BCUT2D eigenvalue weighted by molar-refractivity contribution is 5.75. The highest BCUT2D eigenvalue weighted by atomic mass is 16.5. The number of aromatic nitrogens is 2. The van der Waals surface area contributed by atoms with Crippen LogP contribution in [0.5, 0.6) is 11.5 Å². The number of hydrogen-bond donors (Lipinski definition) is 1. The Hall–Kier alpha value is -3.61. The molecule has 0 spiro atoms. The molecule has 3 rings (SSSR count). The van der Waals surface area contributed by atoms with Crippen LogP contribution in [-0.4, -0.2) is 29.4 Å². The highest BCUT2D eigenvalue weighted by Crippen LogP contribution is 2.28. The third-order valence-corrected chi connectivity index (χ3v) is 5.24. The van der Waals surface area contributed by atoms with Crippen molar-refractivity contribution in [1.29, 1.82) is 0 Å². The van der Waals surface area contributed by atoms with Crippen LogP contribution >= 0.6 is 0 Å². The average Bonchev–Trinajstić information content (AvgIpc) is 2.79. The number of benzene rings is 2. The van der Waals surface area contributed by atoms with Gasteiger partial charge in [-0.05, 0) is 61.7 Å². The van der Waals surface area contributed by atoms with Crippen LogP contribution in [0.4, 0.5) is 0 Å². The second kappa shape index (κ2) is 10.6. The fourth-order valence-corrected chi connectivity index (χ4v) is 3.26. The van der Waals surface area contributed by atoms with Crippen LogP contribution in [0.1, 0.15) is 30.0 Å². The number of hydrogen-bond acceptors (Lipinski definition) is 5. The maximum Gasteiger partial charge on any atom is 0.266 e. The van der Waals surface area contributed by atoms with Gasteiger partial charge < -0.3 is 14.8 Å². The van der Waals surface area contributed by atoms with E-state index in [2.05, 4.69) is 17.3 Å². The molecule has 0 radical (unpaired) electrons. The molecular weight excluding hydrogens is 406 g/mol. The molecular formula is C25H29N3O4. The van der Waals surface area contributed by atoms with Crippen LogP contribution in [-0.2, 0) is 17.9 Å². The zero-order chi connectivity index (χ0) is 23.1. The molecule has 1 heterocycles. The molecule has 0 aliphatic heterocycles. The fraction of sp³-hybridized carbons (Fsp3) is 0.320. The van der Waals surface area contributed by atoms with Crippen LogP contribution in [0.25, 0.3) is 11.3 Å². The number of rotatable bonds is 9. The molecule has 0 saturated heterocycles. The molecule has 0 unspecified atom stereocenters. The van der Waals surface area contributed by atoms with Gasteiger partial charge in [0.15, 0.2) is 11.5 Å². The van der Waals surface area contributed by atoms with E-state index in [-0.39, 0.29) is 24.4 Å². The summed E-state index contributed by atoms with van der Waals surface area (Å²) in [5, 5.41) is 7.33. The van der Waals surface area contributed by atoms with Crippen molar-refractivity contribution in [2.75, 3.05) is 13.7 Å². The Morgan fingerprint density at radius 1 is 1.03 bits per heavy atom. The van der Waals surface area contributed by atoms with Crippen LogP contribution in [0.15, 0.2) is 53.3 Å². The monoisotopic (exact) mass is 435 g/mol. The fourth-order valence-electron chi connectivity index (χ4n) is 3.26. The van der Waals surface area contributed by atoms with E-state index in [1.807, 2.05) is 50.2 Å². The zero-order valence-corrected chi connectivity index (χ0v) is 19.0. The summed E-state index contributed by atoms with van der Waals surface area (Å²) in [6, 6.07) is 14.8. The lowest BCUT2D eigenvalue weighted by atomic mass is 10.0. The maximum atomic E-state index is 12.4. The molecule has 7 heteroatoms. The van der Waals surface area contributed by atoms with Crippen molar-refractivity contribution >= 4 is 5.91 Å². The van der Waals surface area contributed by atoms with Gasteiger partial charge in [-0.25, -0.2) is 4.68 Å². The lowest BCUT2D eigenvalue weighted by molar-refractivity contribution is -0.121. The Bertz CT molecular complexity index is 1150. The van der Waals surface area contributed by atoms with Crippen molar-refractivity contribution in [3.05, 3.63) is 75.6 Å². The summed E-state index contributed by atoms with van der Waals surface area (Å²) in [6.45, 7) is 7.08. The number of ether oxygens (including phenoxy) is 2. The smallest absolute Gasteiger partial charge is 0.266 e. The van der Waals surface area contributed by atoms with E-state index in [1.54, 1.807) is 13.2 Å². The van der Waals surface area contributed by atoms with E-state index in [0.29, 0.717) is 30.3 Å². The van der Waals surface area contributed by atoms with Gasteiger partial charge in [0.25, 0.3) is 5.56 Å². The van der Waals surface area contributed by atoms with Gasteiger partial charge in [-0.3, -0.25) is 9.59 Å². The molecule has 0 saturated carbocycles. The molecule has 2 aromatic carbocycles. The molecule has 0 aliphatic carbocycles. The highest BCUT2D eigenvalue weighted by Gasteiger charge is 2.09. The Morgan fingerprint density at radius 2 is 1.84 bits per heavy atom. The summed E-state index contributed by atoms with van der Waals surface area (Å²) < 4.78 is 12.2. The molecule has 0 aliphatic rings. The van der Waals surface area contributed by atoms with E-state index in [9.17, 15) is 9.59 Å². The van der Waals surface area contributed by atoms with E-state index in [1.165, 1.54) is 16.3 Å². The topological polar surface area (TPSA) is 82.5 Å². The van der Waals surface area contributed by atoms with Crippen molar-refractivity contribution in [2.45, 2.75) is 40.3 Å². The first kappa shape index (κ1) is 23.1. The summed E-state index contributed by atoms with van der Waals surface area (Å²) in [5.41, 5.74) is 4.67. The predicted octanol–water partition coefficient (Wildman–Crippen LogP) is 3.64. The zero-order valence-electron chi connectivity index (χ0n) is 19.0. The third kappa shape index (κ3) is 5.75. The van der Waals surface area contributed by atoms with Crippen LogP contribution in [0.2, 0.25) is 0 Å². The average molecular weight is 436 g/mol. The Balaban J connectivity index is 1.62. The molecule has 0 atom stereocenters. The first-order valence-corrected chi connectivity index (χ1v) is 10.6. The summed E-state index contributed by atoms with van der Waals surface area (Å²) in [4.78, 5) is 24.6. The molecule has 7 nitrogen and oxygen atoms in total. The summed E-state index contributed by atoms with van der Waals surface area (Å²) >= 11 is 0. The summed E-state index contributed by atoms with van der Waals surface area (Å²) in [6.07, 6.45) is 0.151. The third-order valence-electron chi connectivity index (χ3n) is 5.24. The van der Waals surface area contributed by atoms with Gasteiger partial charge in [-0.1, -0.05) is 18.2 Å². The van der Waals surface area contributed by atoms with Crippen LogP contribution < -0.4 is 20.3 Å². The molecule has 0 fully saturated rings. The van der Waals surface area contributed by atoms with Crippen molar-refractivity contribution in [3.8, 4) is 22.8 Å². The minimum Gasteiger partial charge on any atom is -0.493 e. The number of amides is 1. The quantitative estimate of drug-likeness (QED) is 0.555. The minimum absolute atomic E-state index is 0.151. The van der Waals surface area contributed by atoms with Gasteiger partial charge in [0, 0.05) is 24.6 Å². The molecule has 1 amide bonds. The van der Waals surface area contributed by atoms with Crippen LogP contribution in [0.3, 0.4) is 0 Å². The molecule has 32 heavy (non-hydrogen) atoms. The Labute approximate surface area is 188 Å². The largest absolute Gasteiger partial charge is 0.493 e. The number of carbonyl (C=O) groups excluding carboxylic acids is 1. The second-order valence-electron chi connectivity index (χ2n) is 7.52. The van der Waals surface area contributed by atoms with Gasteiger partial charge in [-0.15, -0.1) is 0 Å². The number of carbonyl (C=O) groups is 1. The normalized spacial score (nSPS) is 10.6. The van der Waals surface area contributed by atoms with Gasteiger partial charge in [0.1, 0.15) is 0 Å². The molecule has 1 N–H and O–H groups in total. The SMILES string of the molecule is CCOc1cc(CNC(=O)CCn2nc(-c3ccc(C)c(C)c3)ccc2=O)ccc1OC. The molecule has 0 bridgehead atoms.